The second kappa shape index (κ2) is 4.26. The van der Waals surface area contributed by atoms with Crippen LogP contribution in [0.3, 0.4) is 0 Å². The average molecular weight is 196 g/mol. The summed E-state index contributed by atoms with van der Waals surface area (Å²) in [6, 6.07) is -0.731. The van der Waals surface area contributed by atoms with Gasteiger partial charge in [-0.3, -0.25) is 5.32 Å². The zero-order valence-corrected chi connectivity index (χ0v) is 7.74. The maximum Gasteiger partial charge on any atom is 0.318 e. The molecule has 1 rings (SSSR count). The Balaban J connectivity index is 2.54. The molecule has 0 aliphatic carbocycles. The highest BCUT2D eigenvalue weighted by Crippen LogP contribution is 2.01. The van der Waals surface area contributed by atoms with Crippen LogP contribution in [0.1, 0.15) is 11.4 Å². The molecule has 1 aromatic heterocycles. The predicted octanol–water partition coefficient (Wildman–Crippen LogP) is -0.799. The molecule has 0 atom stereocenters. The number of nitrogens with zero attached hydrogens (tertiary/aromatic N) is 2. The number of amides is 2. The first kappa shape index (κ1) is 10.0. The van der Waals surface area contributed by atoms with Crippen molar-refractivity contribution in [3.8, 4) is 0 Å². The van der Waals surface area contributed by atoms with E-state index in [0.717, 1.165) is 11.4 Å². The number of urea groups is 1. The van der Waals surface area contributed by atoms with Gasteiger partial charge in [-0.05, 0) is 6.92 Å². The third-order valence-electron chi connectivity index (χ3n) is 1.58. The third-order valence-corrected chi connectivity index (χ3v) is 1.58. The van der Waals surface area contributed by atoms with Crippen molar-refractivity contribution in [3.63, 3.8) is 0 Å². The fourth-order valence-electron chi connectivity index (χ4n) is 0.872. The van der Waals surface area contributed by atoms with Gasteiger partial charge >= 0.3 is 6.03 Å². The van der Waals surface area contributed by atoms with Crippen LogP contribution in [0, 0.1) is 6.92 Å². The number of guanidine groups is 1. The van der Waals surface area contributed by atoms with Crippen LogP contribution in [0.5, 0.6) is 0 Å². The van der Waals surface area contributed by atoms with E-state index in [1.807, 2.05) is 6.92 Å². The molecule has 1 heterocycles. The topological polar surface area (TPSA) is 122 Å². The molecule has 6 N–H and O–H groups in total. The third kappa shape index (κ3) is 2.77. The van der Waals surface area contributed by atoms with Gasteiger partial charge in [0.1, 0.15) is 0 Å². The summed E-state index contributed by atoms with van der Waals surface area (Å²) in [5, 5.41) is 2.15. The molecule has 0 saturated carbocycles. The van der Waals surface area contributed by atoms with E-state index in [2.05, 4.69) is 20.3 Å². The quantitative estimate of drug-likeness (QED) is 0.366. The lowest BCUT2D eigenvalue weighted by Gasteiger charge is -1.99. The minimum absolute atomic E-state index is 0.0140. The molecule has 7 nitrogen and oxygen atoms in total. The van der Waals surface area contributed by atoms with E-state index in [0.29, 0.717) is 6.54 Å². The van der Waals surface area contributed by atoms with Gasteiger partial charge < -0.3 is 16.5 Å². The second-order valence-electron chi connectivity index (χ2n) is 2.66. The molecule has 0 aromatic carbocycles. The van der Waals surface area contributed by atoms with Crippen LogP contribution < -0.4 is 16.8 Å². The van der Waals surface area contributed by atoms with Crippen LogP contribution in [0.25, 0.3) is 0 Å². The summed E-state index contributed by atoms with van der Waals surface area (Å²) in [4.78, 5) is 21.1. The molecular weight excluding hydrogens is 184 g/mol. The largest absolute Gasteiger partial charge is 0.370 e. The molecule has 76 valence electrons. The van der Waals surface area contributed by atoms with Crippen molar-refractivity contribution in [3.05, 3.63) is 17.7 Å². The van der Waals surface area contributed by atoms with E-state index in [1.165, 1.54) is 0 Å². The highest BCUT2D eigenvalue weighted by molar-refractivity contribution is 5.94. The van der Waals surface area contributed by atoms with E-state index in [9.17, 15) is 4.79 Å². The molecule has 0 fully saturated rings. The number of aryl methyl sites for hydroxylation is 1. The van der Waals surface area contributed by atoms with E-state index < -0.39 is 6.03 Å². The number of carbonyl (C=O) groups excluding carboxylic acids is 1. The first-order valence-corrected chi connectivity index (χ1v) is 3.95. The number of hydrogen-bond acceptors (Lipinski definition) is 3. The zero-order valence-electron chi connectivity index (χ0n) is 7.74. The van der Waals surface area contributed by atoms with Crippen molar-refractivity contribution in [2.75, 3.05) is 0 Å². The lowest BCUT2D eigenvalue weighted by atomic mass is 10.3. The number of nitrogens with two attached hydrogens (primary N) is 2. The Bertz CT molecular complexity index is 355. The van der Waals surface area contributed by atoms with Crippen molar-refractivity contribution in [2.45, 2.75) is 13.5 Å². The molecule has 0 unspecified atom stereocenters. The van der Waals surface area contributed by atoms with Crippen molar-refractivity contribution in [2.24, 2.45) is 16.5 Å². The van der Waals surface area contributed by atoms with Crippen molar-refractivity contribution in [1.82, 2.24) is 15.3 Å². The number of hydrogen-bond donors (Lipinski definition) is 4. The maximum absolute atomic E-state index is 10.4. The van der Waals surface area contributed by atoms with Gasteiger partial charge in [0.05, 0.1) is 18.6 Å². The molecule has 0 spiro atoms. The summed E-state index contributed by atoms with van der Waals surface area (Å²) in [5.41, 5.74) is 11.9. The van der Waals surface area contributed by atoms with Crippen LogP contribution in [-0.4, -0.2) is 22.0 Å². The van der Waals surface area contributed by atoms with Crippen LogP contribution in [-0.2, 0) is 6.54 Å². The summed E-state index contributed by atoms with van der Waals surface area (Å²) in [5.74, 6) is -0.0140. The number of nitrogens with one attached hydrogen (secondary N) is 2. The number of primary amides is 1. The summed E-state index contributed by atoms with van der Waals surface area (Å²) >= 11 is 0. The van der Waals surface area contributed by atoms with Crippen LogP contribution >= 0.6 is 0 Å². The standard InChI is InChI=1S/C7H12N6O/c1-4-5(12-3-11-4)2-10-6(8)13-7(9)14/h3H,2H2,1H3,(H,11,12)(H5,8,9,10,13,14). The predicted molar refractivity (Wildman–Crippen MR) is 51.4 cm³/mol. The molecule has 0 saturated heterocycles. The van der Waals surface area contributed by atoms with Crippen molar-refractivity contribution < 1.29 is 4.79 Å². The van der Waals surface area contributed by atoms with Crippen molar-refractivity contribution in [1.29, 1.82) is 0 Å². The van der Waals surface area contributed by atoms with Crippen molar-refractivity contribution >= 4 is 12.0 Å². The molecular formula is C7H12N6O. The normalized spacial score (nSPS) is 11.4. The summed E-state index contributed by atoms with van der Waals surface area (Å²) < 4.78 is 0. The van der Waals surface area contributed by atoms with Crippen LogP contribution in [0.2, 0.25) is 0 Å². The number of carbonyl (C=O) groups is 1. The first-order chi connectivity index (χ1) is 6.59. The van der Waals surface area contributed by atoms with Gasteiger partial charge in [-0.2, -0.15) is 0 Å². The summed E-state index contributed by atoms with van der Waals surface area (Å²) in [6.07, 6.45) is 1.57. The molecule has 0 aliphatic rings. The monoisotopic (exact) mass is 196 g/mol. The Morgan fingerprint density at radius 3 is 2.93 bits per heavy atom. The van der Waals surface area contributed by atoms with Gasteiger partial charge in [-0.15, -0.1) is 0 Å². The second-order valence-corrected chi connectivity index (χ2v) is 2.66. The molecule has 2 amide bonds. The fourth-order valence-corrected chi connectivity index (χ4v) is 0.872. The van der Waals surface area contributed by atoms with Gasteiger partial charge in [-0.1, -0.05) is 0 Å². The zero-order chi connectivity index (χ0) is 10.6. The lowest BCUT2D eigenvalue weighted by molar-refractivity contribution is 0.253. The Hall–Kier alpha value is -2.05. The smallest absolute Gasteiger partial charge is 0.318 e. The van der Waals surface area contributed by atoms with Gasteiger partial charge in [0.2, 0.25) is 0 Å². The first-order valence-electron chi connectivity index (χ1n) is 3.95. The Morgan fingerprint density at radius 1 is 1.71 bits per heavy atom. The number of rotatable bonds is 2. The van der Waals surface area contributed by atoms with Crippen LogP contribution in [0.4, 0.5) is 4.79 Å². The summed E-state index contributed by atoms with van der Waals surface area (Å²) in [6.45, 7) is 2.18. The molecule has 0 radical (unpaired) electrons. The molecule has 0 aliphatic heterocycles. The maximum atomic E-state index is 10.4. The number of H-pyrrole nitrogens is 1. The average Bonchev–Trinajstić information content (AvgIpc) is 2.46. The minimum Gasteiger partial charge on any atom is -0.370 e. The number of aliphatic imine (C=N–C) groups is 1. The minimum atomic E-state index is -0.731. The number of aromatic amines is 1. The van der Waals surface area contributed by atoms with E-state index in [4.69, 9.17) is 11.5 Å². The van der Waals surface area contributed by atoms with Gasteiger partial charge in [0.15, 0.2) is 5.96 Å². The fraction of sp³-hybridized carbons (Fsp3) is 0.286. The Morgan fingerprint density at radius 2 is 2.43 bits per heavy atom. The highest BCUT2D eigenvalue weighted by Gasteiger charge is 2.00. The Labute approximate surface area is 80.6 Å². The van der Waals surface area contributed by atoms with Crippen LogP contribution in [0.15, 0.2) is 11.3 Å². The van der Waals surface area contributed by atoms with Gasteiger partial charge in [0.25, 0.3) is 0 Å². The van der Waals surface area contributed by atoms with E-state index in [-0.39, 0.29) is 5.96 Å². The molecule has 14 heavy (non-hydrogen) atoms. The molecule has 0 bridgehead atoms. The van der Waals surface area contributed by atoms with E-state index >= 15 is 0 Å². The molecule has 1 aromatic rings. The van der Waals surface area contributed by atoms with E-state index in [1.54, 1.807) is 6.33 Å². The van der Waals surface area contributed by atoms with Gasteiger partial charge in [0, 0.05) is 5.69 Å². The molecule has 7 heteroatoms. The number of imidazole rings is 1. The highest BCUT2D eigenvalue weighted by atomic mass is 16.2. The van der Waals surface area contributed by atoms with Gasteiger partial charge in [-0.25, -0.2) is 14.8 Å². The summed E-state index contributed by atoms with van der Waals surface area (Å²) in [7, 11) is 0. The number of aromatic nitrogens is 2. The Kier molecular flexibility index (Phi) is 3.05. The lowest BCUT2D eigenvalue weighted by Crippen LogP contribution is -2.40. The SMILES string of the molecule is Cc1[nH]cnc1CN=C(N)NC(N)=O.